The fourth-order valence-corrected chi connectivity index (χ4v) is 2.40. The number of halogens is 3. The fourth-order valence-electron chi connectivity index (χ4n) is 2.40. The number of nitrogens with zero attached hydrogens (tertiary/aromatic N) is 1. The predicted octanol–water partition coefficient (Wildman–Crippen LogP) is 3.92. The molecule has 2 aromatic rings. The van der Waals surface area contributed by atoms with E-state index in [4.69, 9.17) is 14.4 Å². The summed E-state index contributed by atoms with van der Waals surface area (Å²) in [6, 6.07) is 11.4. The van der Waals surface area contributed by atoms with E-state index in [9.17, 15) is 18.0 Å². The zero-order chi connectivity index (χ0) is 21.4. The highest BCUT2D eigenvalue weighted by Crippen LogP contribution is 2.30. The van der Waals surface area contributed by atoms with Gasteiger partial charge in [0.05, 0.1) is 18.4 Å². The molecule has 6 nitrogen and oxygen atoms in total. The molecule has 0 fully saturated rings. The van der Waals surface area contributed by atoms with E-state index in [1.165, 1.54) is 26.4 Å². The van der Waals surface area contributed by atoms with E-state index in [1.54, 1.807) is 24.3 Å². The van der Waals surface area contributed by atoms with Gasteiger partial charge in [-0.2, -0.15) is 13.2 Å². The van der Waals surface area contributed by atoms with Crippen LogP contribution in [0.4, 0.5) is 13.2 Å². The average molecular weight is 408 g/mol. The predicted molar refractivity (Wildman–Crippen MR) is 100 cm³/mol. The highest BCUT2D eigenvalue weighted by molar-refractivity contribution is 6.43. The molecule has 0 aliphatic heterocycles. The molecule has 0 bridgehead atoms. The van der Waals surface area contributed by atoms with E-state index in [1.807, 2.05) is 0 Å². The van der Waals surface area contributed by atoms with Crippen LogP contribution in [0.2, 0.25) is 0 Å². The first-order chi connectivity index (χ1) is 13.8. The Morgan fingerprint density at radius 2 is 1.86 bits per heavy atom. The van der Waals surface area contributed by atoms with Crippen LogP contribution in [-0.4, -0.2) is 25.9 Å². The standard InChI is InChI=1S/C20H19F3N2O4/c1-13(14-8-6-9-16(11-14)20(21,22)23)24-29-12-15-7-4-5-10-17(15)18(25-28-3)19(26)27-2/h4-11,24H,1,12H2,2-3H3. The van der Waals surface area contributed by atoms with Gasteiger partial charge in [0.2, 0.25) is 0 Å². The van der Waals surface area contributed by atoms with Crippen LogP contribution in [0.3, 0.4) is 0 Å². The van der Waals surface area contributed by atoms with Crippen molar-refractivity contribution in [2.24, 2.45) is 5.16 Å². The summed E-state index contributed by atoms with van der Waals surface area (Å²) < 4.78 is 43.2. The summed E-state index contributed by atoms with van der Waals surface area (Å²) in [6.07, 6.45) is -4.46. The molecule has 0 spiro atoms. The number of ether oxygens (including phenoxy) is 1. The number of rotatable bonds is 8. The van der Waals surface area contributed by atoms with Crippen molar-refractivity contribution in [3.63, 3.8) is 0 Å². The monoisotopic (exact) mass is 408 g/mol. The number of hydroxylamine groups is 1. The van der Waals surface area contributed by atoms with Crippen molar-refractivity contribution in [3.05, 3.63) is 77.4 Å². The fraction of sp³-hybridized carbons (Fsp3) is 0.200. The summed E-state index contributed by atoms with van der Waals surface area (Å²) in [6.45, 7) is 3.65. The van der Waals surface area contributed by atoms with E-state index in [0.717, 1.165) is 12.1 Å². The molecular formula is C20H19F3N2O4. The van der Waals surface area contributed by atoms with Gasteiger partial charge in [0.15, 0.2) is 5.71 Å². The van der Waals surface area contributed by atoms with Crippen molar-refractivity contribution in [2.45, 2.75) is 12.8 Å². The van der Waals surface area contributed by atoms with E-state index in [2.05, 4.69) is 17.2 Å². The number of carbonyl (C=O) groups excluding carboxylic acids is 1. The van der Waals surface area contributed by atoms with Crippen LogP contribution in [0.5, 0.6) is 0 Å². The molecule has 0 radical (unpaired) electrons. The Morgan fingerprint density at radius 1 is 1.14 bits per heavy atom. The van der Waals surface area contributed by atoms with Gasteiger partial charge in [-0.05, 0) is 23.3 Å². The van der Waals surface area contributed by atoms with Crippen LogP contribution in [0.25, 0.3) is 5.70 Å². The van der Waals surface area contributed by atoms with Gasteiger partial charge in [-0.3, -0.25) is 10.3 Å². The number of methoxy groups -OCH3 is 1. The SMILES string of the molecule is C=C(NOCc1ccccc1C(=NOC)C(=O)OC)c1cccc(C(F)(F)F)c1. The summed E-state index contributed by atoms with van der Waals surface area (Å²) in [7, 11) is 2.51. The Kier molecular flexibility index (Phi) is 7.38. The Bertz CT molecular complexity index is 911. The van der Waals surface area contributed by atoms with Crippen LogP contribution in [0.15, 0.2) is 60.3 Å². The maximum atomic E-state index is 12.8. The maximum Gasteiger partial charge on any atom is 0.416 e. The number of alkyl halides is 3. The molecule has 0 amide bonds. The largest absolute Gasteiger partial charge is 0.464 e. The highest BCUT2D eigenvalue weighted by Gasteiger charge is 2.30. The van der Waals surface area contributed by atoms with Crippen LogP contribution < -0.4 is 5.48 Å². The number of nitrogens with one attached hydrogen (secondary N) is 1. The van der Waals surface area contributed by atoms with E-state index in [0.29, 0.717) is 11.1 Å². The molecular weight excluding hydrogens is 389 g/mol. The molecule has 0 aliphatic carbocycles. The second-order valence-electron chi connectivity index (χ2n) is 5.72. The highest BCUT2D eigenvalue weighted by atomic mass is 19.4. The molecule has 29 heavy (non-hydrogen) atoms. The normalized spacial score (nSPS) is 11.7. The van der Waals surface area contributed by atoms with Crippen LogP contribution >= 0.6 is 0 Å². The summed E-state index contributed by atoms with van der Waals surface area (Å²) in [5.74, 6) is -0.694. The van der Waals surface area contributed by atoms with Crippen molar-refractivity contribution >= 4 is 17.4 Å². The van der Waals surface area contributed by atoms with Crippen molar-refractivity contribution < 1.29 is 32.4 Å². The third kappa shape index (κ3) is 5.82. The lowest BCUT2D eigenvalue weighted by atomic mass is 10.0. The molecule has 0 saturated carbocycles. The number of benzene rings is 2. The minimum Gasteiger partial charge on any atom is -0.464 e. The summed E-state index contributed by atoms with van der Waals surface area (Å²) in [5, 5.41) is 3.69. The van der Waals surface area contributed by atoms with Gasteiger partial charge >= 0.3 is 12.1 Å². The second-order valence-corrected chi connectivity index (χ2v) is 5.72. The summed E-state index contributed by atoms with van der Waals surface area (Å²) in [5.41, 5.74) is 3.04. The van der Waals surface area contributed by atoms with Crippen molar-refractivity contribution in [2.75, 3.05) is 14.2 Å². The number of carbonyl (C=O) groups is 1. The average Bonchev–Trinajstić information content (AvgIpc) is 2.71. The maximum absolute atomic E-state index is 12.8. The number of hydrogen-bond acceptors (Lipinski definition) is 6. The Balaban J connectivity index is 2.11. The van der Waals surface area contributed by atoms with Crippen LogP contribution in [0.1, 0.15) is 22.3 Å². The molecule has 154 valence electrons. The molecule has 1 N–H and O–H groups in total. The molecule has 0 heterocycles. The number of esters is 1. The second kappa shape index (κ2) is 9.74. The summed E-state index contributed by atoms with van der Waals surface area (Å²) in [4.78, 5) is 22.0. The smallest absolute Gasteiger partial charge is 0.416 e. The Labute approximate surface area is 165 Å². The molecule has 0 aliphatic rings. The van der Waals surface area contributed by atoms with Gasteiger partial charge in [-0.15, -0.1) is 0 Å². The molecule has 9 heteroatoms. The molecule has 0 atom stereocenters. The molecule has 0 aromatic heterocycles. The van der Waals surface area contributed by atoms with Crippen molar-refractivity contribution in [1.82, 2.24) is 5.48 Å². The summed E-state index contributed by atoms with van der Waals surface area (Å²) >= 11 is 0. The van der Waals surface area contributed by atoms with Crippen molar-refractivity contribution in [1.29, 1.82) is 0 Å². The topological polar surface area (TPSA) is 69.1 Å². The van der Waals surface area contributed by atoms with Gasteiger partial charge in [-0.25, -0.2) is 4.79 Å². The van der Waals surface area contributed by atoms with Gasteiger partial charge in [0.25, 0.3) is 0 Å². The Hall–Kier alpha value is -3.33. The lowest BCUT2D eigenvalue weighted by Gasteiger charge is -2.14. The number of hydrogen-bond donors (Lipinski definition) is 1. The Morgan fingerprint density at radius 3 is 2.52 bits per heavy atom. The first-order valence-electron chi connectivity index (χ1n) is 8.30. The molecule has 2 rings (SSSR count). The lowest BCUT2D eigenvalue weighted by Crippen LogP contribution is -2.20. The van der Waals surface area contributed by atoms with E-state index in [-0.39, 0.29) is 23.6 Å². The third-order valence-corrected chi connectivity index (χ3v) is 3.80. The van der Waals surface area contributed by atoms with Gasteiger partial charge in [0, 0.05) is 5.56 Å². The molecule has 2 aromatic carbocycles. The van der Waals surface area contributed by atoms with E-state index < -0.39 is 17.7 Å². The van der Waals surface area contributed by atoms with Crippen LogP contribution in [0, 0.1) is 0 Å². The van der Waals surface area contributed by atoms with Gasteiger partial charge in [-0.1, -0.05) is 48.1 Å². The van der Waals surface area contributed by atoms with E-state index >= 15 is 0 Å². The van der Waals surface area contributed by atoms with Crippen LogP contribution in [-0.2, 0) is 32.0 Å². The molecule has 0 saturated heterocycles. The van der Waals surface area contributed by atoms with Crippen molar-refractivity contribution in [3.8, 4) is 0 Å². The quantitative estimate of drug-likeness (QED) is 0.407. The van der Waals surface area contributed by atoms with Gasteiger partial charge < -0.3 is 9.57 Å². The lowest BCUT2D eigenvalue weighted by molar-refractivity contribution is -0.137. The van der Waals surface area contributed by atoms with Gasteiger partial charge in [0.1, 0.15) is 13.7 Å². The minimum atomic E-state index is -4.46. The number of oxime groups is 1. The third-order valence-electron chi connectivity index (χ3n) is 3.80. The zero-order valence-electron chi connectivity index (χ0n) is 15.7. The first-order valence-corrected chi connectivity index (χ1v) is 8.30. The minimum absolute atomic E-state index is 0.0338. The first kappa shape index (κ1) is 22.0. The molecule has 0 unspecified atom stereocenters. The zero-order valence-corrected chi connectivity index (χ0v) is 15.7.